The second kappa shape index (κ2) is 12.2. The first-order valence-corrected chi connectivity index (χ1v) is 13.2. The van der Waals surface area contributed by atoms with E-state index in [4.69, 9.17) is 33.0 Å². The molecule has 0 aliphatic carbocycles. The van der Waals surface area contributed by atoms with Gasteiger partial charge in [0.15, 0.2) is 10.7 Å². The SMILES string of the molecule is CCCCOc1ccc(C(=O)NC(=S)Nc2cc(-c3nc4cc(C(C)CC)ccc4o3)ccc2Cl)cc1. The van der Waals surface area contributed by atoms with Gasteiger partial charge in [-0.2, -0.15) is 0 Å². The highest BCUT2D eigenvalue weighted by molar-refractivity contribution is 7.80. The number of anilines is 1. The van der Waals surface area contributed by atoms with E-state index in [1.165, 1.54) is 5.56 Å². The molecule has 1 atom stereocenters. The van der Waals surface area contributed by atoms with Gasteiger partial charge in [0.2, 0.25) is 5.89 Å². The lowest BCUT2D eigenvalue weighted by Gasteiger charge is -2.12. The zero-order valence-corrected chi connectivity index (χ0v) is 22.7. The largest absolute Gasteiger partial charge is 0.494 e. The zero-order chi connectivity index (χ0) is 26.4. The lowest BCUT2D eigenvalue weighted by Crippen LogP contribution is -2.34. The Morgan fingerprint density at radius 2 is 1.89 bits per heavy atom. The standard InChI is InChI=1S/C29H30ClN3O3S/c1-4-6-15-35-22-11-7-19(8-12-22)27(34)33-29(37)32-24-17-21(9-13-23(24)30)28-31-25-16-20(18(3)5-2)10-14-26(25)36-28/h7-14,16-18H,4-6,15H2,1-3H3,(H2,32,33,34,37). The number of amides is 1. The number of ether oxygens (including phenoxy) is 1. The smallest absolute Gasteiger partial charge is 0.257 e. The number of carbonyl (C=O) groups is 1. The first-order chi connectivity index (χ1) is 17.9. The van der Waals surface area contributed by atoms with E-state index < -0.39 is 0 Å². The molecule has 1 aromatic heterocycles. The van der Waals surface area contributed by atoms with Gasteiger partial charge in [0.25, 0.3) is 5.91 Å². The number of hydrogen-bond acceptors (Lipinski definition) is 5. The van der Waals surface area contributed by atoms with Crippen molar-refractivity contribution < 1.29 is 13.9 Å². The van der Waals surface area contributed by atoms with Crippen LogP contribution >= 0.6 is 23.8 Å². The van der Waals surface area contributed by atoms with Gasteiger partial charge in [0.05, 0.1) is 17.3 Å². The predicted octanol–water partition coefficient (Wildman–Crippen LogP) is 7.97. The summed E-state index contributed by atoms with van der Waals surface area (Å²) in [6, 6.07) is 18.4. The summed E-state index contributed by atoms with van der Waals surface area (Å²) in [4.78, 5) is 17.3. The van der Waals surface area contributed by atoms with Crippen LogP contribution in [-0.4, -0.2) is 22.6 Å². The molecule has 8 heteroatoms. The number of oxazole rings is 1. The van der Waals surface area contributed by atoms with Gasteiger partial charge in [-0.1, -0.05) is 44.9 Å². The molecular formula is C29H30ClN3O3S. The molecule has 3 aromatic carbocycles. The van der Waals surface area contributed by atoms with Gasteiger partial charge < -0.3 is 14.5 Å². The topological polar surface area (TPSA) is 76.4 Å². The van der Waals surface area contributed by atoms with Gasteiger partial charge in [0, 0.05) is 11.1 Å². The van der Waals surface area contributed by atoms with Crippen molar-refractivity contribution >= 4 is 51.6 Å². The van der Waals surface area contributed by atoms with Crippen LogP contribution in [0.1, 0.15) is 61.9 Å². The van der Waals surface area contributed by atoms with E-state index in [1.807, 2.05) is 12.1 Å². The van der Waals surface area contributed by atoms with Crippen LogP contribution in [0, 0.1) is 0 Å². The predicted molar refractivity (Wildman–Crippen MR) is 154 cm³/mol. The Morgan fingerprint density at radius 1 is 1.11 bits per heavy atom. The molecule has 0 bridgehead atoms. The van der Waals surface area contributed by atoms with Gasteiger partial charge in [-0.3, -0.25) is 10.1 Å². The second-order valence-electron chi connectivity index (χ2n) is 8.88. The lowest BCUT2D eigenvalue weighted by atomic mass is 9.98. The van der Waals surface area contributed by atoms with Crippen LogP contribution in [0.25, 0.3) is 22.6 Å². The van der Waals surface area contributed by atoms with E-state index in [-0.39, 0.29) is 11.0 Å². The molecule has 0 aliphatic rings. The highest BCUT2D eigenvalue weighted by Crippen LogP contribution is 2.31. The van der Waals surface area contributed by atoms with Gasteiger partial charge in [-0.15, -0.1) is 0 Å². The van der Waals surface area contributed by atoms with Crippen LogP contribution < -0.4 is 15.4 Å². The molecule has 0 saturated heterocycles. The Labute approximate surface area is 227 Å². The number of nitrogens with one attached hydrogen (secondary N) is 2. The maximum Gasteiger partial charge on any atom is 0.257 e. The third kappa shape index (κ3) is 6.67. The van der Waals surface area contributed by atoms with E-state index in [1.54, 1.807) is 36.4 Å². The molecule has 0 aliphatic heterocycles. The summed E-state index contributed by atoms with van der Waals surface area (Å²) >= 11 is 11.8. The monoisotopic (exact) mass is 535 g/mol. The van der Waals surface area contributed by atoms with Gasteiger partial charge >= 0.3 is 0 Å². The fourth-order valence-electron chi connectivity index (χ4n) is 3.73. The first kappa shape index (κ1) is 26.6. The molecule has 6 nitrogen and oxygen atoms in total. The molecule has 0 saturated carbocycles. The van der Waals surface area contributed by atoms with Crippen LogP contribution in [0.4, 0.5) is 5.69 Å². The number of nitrogens with zero attached hydrogens (tertiary/aromatic N) is 1. The van der Waals surface area contributed by atoms with Crippen LogP contribution in [0.5, 0.6) is 5.75 Å². The second-order valence-corrected chi connectivity index (χ2v) is 9.70. The molecule has 1 heterocycles. The number of unbranched alkanes of at least 4 members (excludes halogenated alkanes) is 1. The van der Waals surface area contributed by atoms with Crippen molar-refractivity contribution in [2.75, 3.05) is 11.9 Å². The Balaban J connectivity index is 1.44. The van der Waals surface area contributed by atoms with Crippen molar-refractivity contribution in [3.8, 4) is 17.2 Å². The third-order valence-corrected chi connectivity index (χ3v) is 6.70. The summed E-state index contributed by atoms with van der Waals surface area (Å²) < 4.78 is 11.6. The van der Waals surface area contributed by atoms with E-state index in [9.17, 15) is 4.79 Å². The van der Waals surface area contributed by atoms with Crippen molar-refractivity contribution in [1.29, 1.82) is 0 Å². The van der Waals surface area contributed by atoms with Crippen LogP contribution in [0.3, 0.4) is 0 Å². The van der Waals surface area contributed by atoms with E-state index in [2.05, 4.69) is 48.5 Å². The number of thiocarbonyl (C=S) groups is 1. The number of aromatic nitrogens is 1. The van der Waals surface area contributed by atoms with Crippen LogP contribution in [0.2, 0.25) is 5.02 Å². The molecule has 4 aromatic rings. The van der Waals surface area contributed by atoms with Crippen molar-refractivity contribution in [1.82, 2.24) is 10.3 Å². The summed E-state index contributed by atoms with van der Waals surface area (Å²) in [6.45, 7) is 7.12. The molecule has 0 spiro atoms. The van der Waals surface area contributed by atoms with Gasteiger partial charge in [0.1, 0.15) is 11.3 Å². The minimum atomic E-state index is -0.332. The van der Waals surface area contributed by atoms with Crippen molar-refractivity contribution in [3.05, 3.63) is 76.8 Å². The summed E-state index contributed by atoms with van der Waals surface area (Å²) in [5.41, 5.74) is 4.49. The minimum absolute atomic E-state index is 0.128. The van der Waals surface area contributed by atoms with Crippen molar-refractivity contribution in [3.63, 3.8) is 0 Å². The van der Waals surface area contributed by atoms with Gasteiger partial charge in [-0.25, -0.2) is 4.98 Å². The number of carbonyl (C=O) groups excluding carboxylic acids is 1. The Bertz CT molecular complexity index is 1400. The number of benzene rings is 3. The Hall–Kier alpha value is -3.42. The normalized spacial score (nSPS) is 11.8. The van der Waals surface area contributed by atoms with Crippen LogP contribution in [-0.2, 0) is 0 Å². The summed E-state index contributed by atoms with van der Waals surface area (Å²) in [5.74, 6) is 1.32. The molecule has 192 valence electrons. The van der Waals surface area contributed by atoms with Gasteiger partial charge in [-0.05, 0) is 91.1 Å². The average Bonchev–Trinajstić information content (AvgIpc) is 3.33. The molecular weight excluding hydrogens is 506 g/mol. The number of rotatable bonds is 9. The third-order valence-electron chi connectivity index (χ3n) is 6.16. The molecule has 1 amide bonds. The molecule has 4 rings (SSSR count). The molecule has 1 unspecified atom stereocenters. The molecule has 37 heavy (non-hydrogen) atoms. The van der Waals surface area contributed by atoms with E-state index in [0.717, 1.165) is 41.7 Å². The van der Waals surface area contributed by atoms with Crippen LogP contribution in [0.15, 0.2) is 65.1 Å². The zero-order valence-electron chi connectivity index (χ0n) is 21.1. The number of hydrogen-bond donors (Lipinski definition) is 2. The summed E-state index contributed by atoms with van der Waals surface area (Å²) in [6.07, 6.45) is 3.10. The Morgan fingerprint density at radius 3 is 2.62 bits per heavy atom. The summed E-state index contributed by atoms with van der Waals surface area (Å²) in [5, 5.41) is 6.27. The quantitative estimate of drug-likeness (QED) is 0.167. The maximum atomic E-state index is 12.6. The Kier molecular flexibility index (Phi) is 8.79. The molecule has 0 fully saturated rings. The summed E-state index contributed by atoms with van der Waals surface area (Å²) in [7, 11) is 0. The lowest BCUT2D eigenvalue weighted by molar-refractivity contribution is 0.0977. The fourth-order valence-corrected chi connectivity index (χ4v) is 4.10. The fraction of sp³-hybridized carbons (Fsp3) is 0.276. The highest BCUT2D eigenvalue weighted by atomic mass is 35.5. The number of fused-ring (bicyclic) bond motifs is 1. The van der Waals surface area contributed by atoms with Crippen molar-refractivity contribution in [2.45, 2.75) is 46.0 Å². The number of halogens is 1. The minimum Gasteiger partial charge on any atom is -0.494 e. The first-order valence-electron chi connectivity index (χ1n) is 12.4. The van der Waals surface area contributed by atoms with E-state index in [0.29, 0.717) is 34.7 Å². The van der Waals surface area contributed by atoms with Crippen molar-refractivity contribution in [2.24, 2.45) is 0 Å². The molecule has 2 N–H and O–H groups in total. The maximum absolute atomic E-state index is 12.6. The highest BCUT2D eigenvalue weighted by Gasteiger charge is 2.14. The average molecular weight is 536 g/mol. The molecule has 0 radical (unpaired) electrons. The van der Waals surface area contributed by atoms with E-state index >= 15 is 0 Å².